The number of hydrogen-bond acceptors (Lipinski definition) is 6. The summed E-state index contributed by atoms with van der Waals surface area (Å²) in [6.07, 6.45) is 0. The molecule has 0 bridgehead atoms. The van der Waals surface area contributed by atoms with Crippen LogP contribution in [0.3, 0.4) is 0 Å². The van der Waals surface area contributed by atoms with E-state index in [4.69, 9.17) is 10.2 Å². The molecule has 20 heavy (non-hydrogen) atoms. The summed E-state index contributed by atoms with van der Waals surface area (Å²) in [5.41, 5.74) is -1.12. The Morgan fingerprint density at radius 2 is 1.75 bits per heavy atom. The highest BCUT2D eigenvalue weighted by Crippen LogP contribution is 2.14. The lowest BCUT2D eigenvalue weighted by Crippen LogP contribution is -2.51. The number of nitrogens with one attached hydrogen (secondary N) is 1. The van der Waals surface area contributed by atoms with Crippen LogP contribution in [0.4, 0.5) is 5.69 Å². The molecule has 0 aliphatic rings. The van der Waals surface area contributed by atoms with Gasteiger partial charge in [0.1, 0.15) is 0 Å². The van der Waals surface area contributed by atoms with Crippen LogP contribution in [-0.4, -0.2) is 42.3 Å². The van der Waals surface area contributed by atoms with Gasteiger partial charge < -0.3 is 10.2 Å². The second kappa shape index (κ2) is 6.27. The molecular formula is C11H16N2O6S. The van der Waals surface area contributed by atoms with Gasteiger partial charge in [0.15, 0.2) is 0 Å². The summed E-state index contributed by atoms with van der Waals surface area (Å²) in [6.45, 7) is 0.256. The molecule has 0 aliphatic heterocycles. The molecule has 0 atom stereocenters. The average Bonchev–Trinajstić information content (AvgIpc) is 2.38. The summed E-state index contributed by atoms with van der Waals surface area (Å²) in [5.74, 6) is -0.402. The molecule has 0 fully saturated rings. The average molecular weight is 304 g/mol. The summed E-state index contributed by atoms with van der Waals surface area (Å²) in [6, 6.07) is 5.10. The molecule has 0 heterocycles. The summed E-state index contributed by atoms with van der Waals surface area (Å²) < 4.78 is 26.0. The highest BCUT2D eigenvalue weighted by atomic mass is 32.2. The molecule has 0 spiro atoms. The number of non-ortho nitro benzene ring substituents is 1. The van der Waals surface area contributed by atoms with E-state index in [0.717, 1.165) is 0 Å². The minimum absolute atomic E-state index is 0.130. The quantitative estimate of drug-likeness (QED) is 0.471. The fourth-order valence-corrected chi connectivity index (χ4v) is 3.04. The summed E-state index contributed by atoms with van der Waals surface area (Å²) in [7, 11) is -3.79. The highest BCUT2D eigenvalue weighted by molar-refractivity contribution is 7.88. The van der Waals surface area contributed by atoms with Crippen LogP contribution < -0.4 is 4.72 Å². The van der Waals surface area contributed by atoms with Crippen LogP contribution in [0, 0.1) is 10.1 Å². The Morgan fingerprint density at radius 3 is 2.15 bits per heavy atom. The number of sulfonamides is 1. The molecular weight excluding hydrogens is 288 g/mol. The van der Waals surface area contributed by atoms with E-state index in [9.17, 15) is 18.5 Å². The first-order valence-electron chi connectivity index (χ1n) is 5.68. The lowest BCUT2D eigenvalue weighted by atomic mass is 10.1. The molecule has 0 aliphatic carbocycles. The van der Waals surface area contributed by atoms with Crippen molar-refractivity contribution in [1.82, 2.24) is 4.72 Å². The molecule has 0 saturated carbocycles. The molecule has 3 N–H and O–H groups in total. The zero-order chi connectivity index (χ0) is 15.4. The standard InChI is InChI=1S/C11H16N2O6S/c1-11(7-14,8-15)12-20(18,19)6-9-2-4-10(5-3-9)13(16)17/h2-5,12,14-15H,6-8H2,1H3. The van der Waals surface area contributed by atoms with Gasteiger partial charge in [0.2, 0.25) is 10.0 Å². The van der Waals surface area contributed by atoms with Crippen LogP contribution in [0.1, 0.15) is 12.5 Å². The predicted molar refractivity (Wildman–Crippen MR) is 71.4 cm³/mol. The van der Waals surface area contributed by atoms with Crippen LogP contribution in [0.2, 0.25) is 0 Å². The normalized spacial score (nSPS) is 12.3. The number of nitro groups is 1. The van der Waals surface area contributed by atoms with E-state index in [1.165, 1.54) is 31.2 Å². The van der Waals surface area contributed by atoms with Crippen LogP contribution in [0.5, 0.6) is 0 Å². The Balaban J connectivity index is 2.83. The molecule has 1 aromatic carbocycles. The zero-order valence-corrected chi connectivity index (χ0v) is 11.6. The summed E-state index contributed by atoms with van der Waals surface area (Å²) in [4.78, 5) is 9.90. The van der Waals surface area contributed by atoms with Crippen molar-refractivity contribution >= 4 is 15.7 Å². The van der Waals surface area contributed by atoms with Gasteiger partial charge in [-0.15, -0.1) is 0 Å². The molecule has 0 amide bonds. The van der Waals surface area contributed by atoms with Gasteiger partial charge in [-0.05, 0) is 12.5 Å². The van der Waals surface area contributed by atoms with Crippen molar-refractivity contribution in [2.45, 2.75) is 18.2 Å². The Hall–Kier alpha value is -1.55. The van der Waals surface area contributed by atoms with E-state index in [1.807, 2.05) is 0 Å². The maximum absolute atomic E-state index is 11.9. The van der Waals surface area contributed by atoms with Crippen LogP contribution in [0.15, 0.2) is 24.3 Å². The number of rotatable bonds is 7. The van der Waals surface area contributed by atoms with Crippen LogP contribution in [0.25, 0.3) is 0 Å². The van der Waals surface area contributed by atoms with Crippen molar-refractivity contribution in [3.8, 4) is 0 Å². The van der Waals surface area contributed by atoms with Gasteiger partial charge in [-0.1, -0.05) is 12.1 Å². The molecule has 0 aromatic heterocycles. The topological polar surface area (TPSA) is 130 Å². The SMILES string of the molecule is CC(CO)(CO)NS(=O)(=O)Cc1ccc([N+](=O)[O-])cc1. The lowest BCUT2D eigenvalue weighted by molar-refractivity contribution is -0.384. The van der Waals surface area contributed by atoms with Gasteiger partial charge in [0.25, 0.3) is 5.69 Å². The summed E-state index contributed by atoms with van der Waals surface area (Å²) >= 11 is 0. The van der Waals surface area contributed by atoms with Crippen molar-refractivity contribution in [1.29, 1.82) is 0 Å². The molecule has 0 radical (unpaired) electrons. The van der Waals surface area contributed by atoms with Gasteiger partial charge >= 0.3 is 0 Å². The fourth-order valence-electron chi connectivity index (χ4n) is 1.46. The van der Waals surface area contributed by atoms with Gasteiger partial charge in [-0.2, -0.15) is 0 Å². The van der Waals surface area contributed by atoms with Crippen LogP contribution in [-0.2, 0) is 15.8 Å². The number of aliphatic hydroxyl groups excluding tert-OH is 2. The number of aliphatic hydroxyl groups is 2. The van der Waals surface area contributed by atoms with Crippen molar-refractivity contribution in [3.63, 3.8) is 0 Å². The zero-order valence-electron chi connectivity index (χ0n) is 10.8. The molecule has 1 aromatic rings. The molecule has 0 saturated heterocycles. The fraction of sp³-hybridized carbons (Fsp3) is 0.455. The maximum Gasteiger partial charge on any atom is 0.269 e. The van der Waals surface area contributed by atoms with Crippen molar-refractivity contribution in [3.05, 3.63) is 39.9 Å². The molecule has 1 rings (SSSR count). The minimum Gasteiger partial charge on any atom is -0.394 e. The van der Waals surface area contributed by atoms with Gasteiger partial charge in [0.05, 0.1) is 29.4 Å². The second-order valence-corrected chi connectivity index (χ2v) is 6.38. The third kappa shape index (κ3) is 4.53. The van der Waals surface area contributed by atoms with E-state index >= 15 is 0 Å². The third-order valence-electron chi connectivity index (χ3n) is 2.60. The Labute approximate surface area is 116 Å². The number of nitrogens with zero attached hydrogens (tertiary/aromatic N) is 1. The maximum atomic E-state index is 11.9. The van der Waals surface area contributed by atoms with Crippen molar-refractivity contribution in [2.24, 2.45) is 0 Å². The number of benzene rings is 1. The first-order valence-corrected chi connectivity index (χ1v) is 7.33. The molecule has 8 nitrogen and oxygen atoms in total. The van der Waals surface area contributed by atoms with E-state index < -0.39 is 39.5 Å². The first kappa shape index (κ1) is 16.5. The molecule has 0 unspecified atom stereocenters. The van der Waals surface area contributed by atoms with E-state index in [-0.39, 0.29) is 5.69 Å². The van der Waals surface area contributed by atoms with Crippen molar-refractivity contribution < 1.29 is 23.6 Å². The smallest absolute Gasteiger partial charge is 0.269 e. The van der Waals surface area contributed by atoms with E-state index in [1.54, 1.807) is 0 Å². The predicted octanol–water partition coefficient (Wildman–Crippen LogP) is -0.242. The van der Waals surface area contributed by atoms with Crippen molar-refractivity contribution in [2.75, 3.05) is 13.2 Å². The number of nitro benzene ring substituents is 1. The summed E-state index contributed by atoms with van der Waals surface area (Å²) in [5, 5.41) is 28.6. The first-order chi connectivity index (χ1) is 9.21. The van der Waals surface area contributed by atoms with Gasteiger partial charge in [0, 0.05) is 12.1 Å². The molecule has 9 heteroatoms. The Bertz CT molecular complexity index is 565. The number of hydrogen-bond donors (Lipinski definition) is 3. The minimum atomic E-state index is -3.79. The van der Waals surface area contributed by atoms with Gasteiger partial charge in [-0.25, -0.2) is 13.1 Å². The van der Waals surface area contributed by atoms with E-state index in [0.29, 0.717) is 5.56 Å². The largest absolute Gasteiger partial charge is 0.394 e. The Morgan fingerprint density at radius 1 is 1.25 bits per heavy atom. The second-order valence-electron chi connectivity index (χ2n) is 4.66. The lowest BCUT2D eigenvalue weighted by Gasteiger charge is -2.25. The third-order valence-corrected chi connectivity index (χ3v) is 4.12. The van der Waals surface area contributed by atoms with Crippen LogP contribution >= 0.6 is 0 Å². The monoisotopic (exact) mass is 304 g/mol. The van der Waals surface area contributed by atoms with Gasteiger partial charge in [-0.3, -0.25) is 10.1 Å². The highest BCUT2D eigenvalue weighted by Gasteiger charge is 2.28. The Kier molecular flexibility index (Phi) is 5.17. The van der Waals surface area contributed by atoms with E-state index in [2.05, 4.69) is 4.72 Å². The molecule has 112 valence electrons.